The van der Waals surface area contributed by atoms with Crippen molar-refractivity contribution in [1.29, 1.82) is 0 Å². The molecule has 6 nitrogen and oxygen atoms in total. The lowest BCUT2D eigenvalue weighted by Gasteiger charge is -2.15. The van der Waals surface area contributed by atoms with Gasteiger partial charge in [-0.05, 0) is 35.2 Å². The fraction of sp³-hybridized carbons (Fsp3) is 0.500. The Morgan fingerprint density at radius 3 is 2.86 bits per heavy atom. The van der Waals surface area contributed by atoms with Gasteiger partial charge in [0.15, 0.2) is 5.82 Å². The molecule has 0 N–H and O–H groups in total. The molecule has 0 aliphatic rings. The molecule has 0 aliphatic carbocycles. The fourth-order valence-electron chi connectivity index (χ4n) is 2.17. The van der Waals surface area contributed by atoms with Gasteiger partial charge < -0.3 is 9.30 Å². The Bertz CT molecular complexity index is 682. The van der Waals surface area contributed by atoms with Crippen molar-refractivity contribution >= 4 is 24.8 Å². The van der Waals surface area contributed by atoms with Gasteiger partial charge in [0.2, 0.25) is 0 Å². The normalized spacial score (nSPS) is 11.6. The van der Waals surface area contributed by atoms with Gasteiger partial charge in [0.05, 0.1) is 5.52 Å². The molecule has 0 amide bonds. The number of aromatic nitrogens is 2. The number of hydrogen-bond donors (Lipinski definition) is 0. The van der Waals surface area contributed by atoms with Gasteiger partial charge in [-0.3, -0.25) is 4.98 Å². The van der Waals surface area contributed by atoms with Crippen LogP contribution in [0, 0.1) is 6.92 Å². The maximum atomic E-state index is 8.66. The van der Waals surface area contributed by atoms with Gasteiger partial charge >= 0.3 is 0 Å². The summed E-state index contributed by atoms with van der Waals surface area (Å²) in [5.41, 5.74) is 10.6. The van der Waals surface area contributed by atoms with Crippen molar-refractivity contribution in [1.82, 2.24) is 9.55 Å². The third-order valence-corrected chi connectivity index (χ3v) is 5.04. The molecule has 0 saturated carbocycles. The minimum Gasteiger partial charge on any atom is -0.361 e. The summed E-state index contributed by atoms with van der Waals surface area (Å²) >= 11 is 0. The Labute approximate surface area is 125 Å². The van der Waals surface area contributed by atoms with Crippen LogP contribution < -0.4 is 0 Å². The molecule has 7 heteroatoms. The van der Waals surface area contributed by atoms with Gasteiger partial charge in [0.25, 0.3) is 0 Å². The molecule has 0 bridgehead atoms. The van der Waals surface area contributed by atoms with Gasteiger partial charge in [-0.2, -0.15) is 0 Å². The van der Waals surface area contributed by atoms with Crippen molar-refractivity contribution in [3.05, 3.63) is 34.5 Å². The zero-order valence-electron chi connectivity index (χ0n) is 13.0. The molecule has 21 heavy (non-hydrogen) atoms. The number of hydrogen-bond acceptors (Lipinski definition) is 3. The van der Waals surface area contributed by atoms with E-state index in [0.29, 0.717) is 12.5 Å². The first kappa shape index (κ1) is 15.6. The number of azide groups is 1. The minimum absolute atomic E-state index is 0.400. The molecular weight excluding hydrogens is 282 g/mol. The predicted octanol–water partition coefficient (Wildman–Crippen LogP) is 4.60. The molecule has 0 radical (unpaired) electrons. The molecule has 2 aromatic heterocycles. The van der Waals surface area contributed by atoms with E-state index < -0.39 is 8.07 Å². The van der Waals surface area contributed by atoms with Gasteiger partial charge in [-0.1, -0.05) is 19.6 Å². The van der Waals surface area contributed by atoms with Crippen molar-refractivity contribution in [3.63, 3.8) is 0 Å². The summed E-state index contributed by atoms with van der Waals surface area (Å²) < 4.78 is 7.75. The van der Waals surface area contributed by atoms with E-state index in [0.717, 1.165) is 29.1 Å². The Morgan fingerprint density at radius 2 is 2.19 bits per heavy atom. The van der Waals surface area contributed by atoms with Gasteiger partial charge in [-0.15, -0.1) is 0 Å². The SMILES string of the molecule is Cc1cn(COCC[Si](C)(C)C)c2c(N=[N+]=[N-])nccc12. The summed E-state index contributed by atoms with van der Waals surface area (Å²) in [5.74, 6) is 0.400. The zero-order chi connectivity index (χ0) is 15.5. The second kappa shape index (κ2) is 6.30. The van der Waals surface area contributed by atoms with Crippen molar-refractivity contribution in [2.75, 3.05) is 6.61 Å². The van der Waals surface area contributed by atoms with Crippen LogP contribution in [0.2, 0.25) is 25.7 Å². The third-order valence-electron chi connectivity index (χ3n) is 3.33. The second-order valence-electron chi connectivity index (χ2n) is 6.35. The Hall–Kier alpha value is -1.82. The van der Waals surface area contributed by atoms with Crippen LogP contribution in [0.15, 0.2) is 23.6 Å². The highest BCUT2D eigenvalue weighted by Crippen LogP contribution is 2.28. The predicted molar refractivity (Wildman–Crippen MR) is 87.4 cm³/mol. The number of rotatable bonds is 6. The standard InChI is InChI=1S/C14H21N5OSi/c1-11-9-19(10-20-7-8-21(2,3)4)13-12(11)5-6-16-14(13)17-18-15/h5-6,9H,7-8,10H2,1-4H3. The molecule has 0 unspecified atom stereocenters. The summed E-state index contributed by atoms with van der Waals surface area (Å²) in [6, 6.07) is 3.06. The van der Waals surface area contributed by atoms with Gasteiger partial charge in [-0.25, -0.2) is 0 Å². The lowest BCUT2D eigenvalue weighted by Crippen LogP contribution is -2.21. The first-order valence-electron chi connectivity index (χ1n) is 7.00. The molecule has 2 aromatic rings. The van der Waals surface area contributed by atoms with Crippen molar-refractivity contribution in [2.45, 2.75) is 39.3 Å². The van der Waals surface area contributed by atoms with Crippen LogP contribution in [0.5, 0.6) is 0 Å². The van der Waals surface area contributed by atoms with Crippen LogP contribution in [0.3, 0.4) is 0 Å². The van der Waals surface area contributed by atoms with Crippen LogP contribution in [-0.4, -0.2) is 24.2 Å². The van der Waals surface area contributed by atoms with Crippen LogP contribution >= 0.6 is 0 Å². The van der Waals surface area contributed by atoms with Crippen molar-refractivity contribution < 1.29 is 4.74 Å². The van der Waals surface area contributed by atoms with Crippen molar-refractivity contribution in [3.8, 4) is 0 Å². The minimum atomic E-state index is -1.08. The maximum absolute atomic E-state index is 8.66. The number of aryl methyl sites for hydroxylation is 1. The van der Waals surface area contributed by atoms with E-state index in [1.807, 2.05) is 23.8 Å². The molecule has 0 atom stereocenters. The second-order valence-corrected chi connectivity index (χ2v) is 12.0. The van der Waals surface area contributed by atoms with E-state index in [1.165, 1.54) is 0 Å². The van der Waals surface area contributed by atoms with Gasteiger partial charge in [0, 0.05) is 37.4 Å². The van der Waals surface area contributed by atoms with E-state index >= 15 is 0 Å². The summed E-state index contributed by atoms with van der Waals surface area (Å²) in [5, 5.41) is 4.72. The van der Waals surface area contributed by atoms with E-state index in [4.69, 9.17) is 10.3 Å². The largest absolute Gasteiger partial charge is 0.361 e. The highest BCUT2D eigenvalue weighted by atomic mass is 28.3. The number of nitrogens with zero attached hydrogens (tertiary/aromatic N) is 5. The van der Waals surface area contributed by atoms with Crippen LogP contribution in [0.4, 0.5) is 5.82 Å². The average molecular weight is 303 g/mol. The van der Waals surface area contributed by atoms with Crippen LogP contribution in [-0.2, 0) is 11.5 Å². The smallest absolute Gasteiger partial charge is 0.151 e. The number of fused-ring (bicyclic) bond motifs is 1. The molecule has 0 saturated heterocycles. The topological polar surface area (TPSA) is 75.8 Å². The first-order valence-corrected chi connectivity index (χ1v) is 10.7. The Balaban J connectivity index is 2.22. The van der Waals surface area contributed by atoms with Crippen molar-refractivity contribution in [2.24, 2.45) is 5.11 Å². The summed E-state index contributed by atoms with van der Waals surface area (Å²) in [7, 11) is -1.08. The molecule has 0 aromatic carbocycles. The summed E-state index contributed by atoms with van der Waals surface area (Å²) in [4.78, 5) is 7.00. The summed E-state index contributed by atoms with van der Waals surface area (Å²) in [6.45, 7) is 10.2. The van der Waals surface area contributed by atoms with Crippen LogP contribution in [0.25, 0.3) is 21.3 Å². The Kier molecular flexibility index (Phi) is 4.67. The molecule has 2 heterocycles. The quantitative estimate of drug-likeness (QED) is 0.257. The molecule has 0 fully saturated rings. The molecule has 2 rings (SSSR count). The monoisotopic (exact) mass is 303 g/mol. The lowest BCUT2D eigenvalue weighted by atomic mass is 10.2. The third kappa shape index (κ3) is 3.84. The van der Waals surface area contributed by atoms with E-state index in [1.54, 1.807) is 6.20 Å². The maximum Gasteiger partial charge on any atom is 0.151 e. The lowest BCUT2D eigenvalue weighted by molar-refractivity contribution is 0.0902. The molecule has 0 spiro atoms. The Morgan fingerprint density at radius 1 is 1.43 bits per heavy atom. The zero-order valence-corrected chi connectivity index (χ0v) is 14.0. The van der Waals surface area contributed by atoms with E-state index in [-0.39, 0.29) is 0 Å². The average Bonchev–Trinajstić information content (AvgIpc) is 2.72. The highest BCUT2D eigenvalue weighted by Gasteiger charge is 2.13. The van der Waals surface area contributed by atoms with Crippen LogP contribution in [0.1, 0.15) is 5.56 Å². The van der Waals surface area contributed by atoms with Gasteiger partial charge in [0.1, 0.15) is 6.73 Å². The fourth-order valence-corrected chi connectivity index (χ4v) is 2.93. The van der Waals surface area contributed by atoms with E-state index in [2.05, 4.69) is 34.7 Å². The summed E-state index contributed by atoms with van der Waals surface area (Å²) in [6.07, 6.45) is 3.67. The molecular formula is C14H21N5OSi. The first-order chi connectivity index (χ1) is 9.92. The number of ether oxygens (including phenoxy) is 1. The number of pyridine rings is 1. The van der Waals surface area contributed by atoms with E-state index in [9.17, 15) is 0 Å². The highest BCUT2D eigenvalue weighted by molar-refractivity contribution is 6.76. The molecule has 112 valence electrons. The molecule has 0 aliphatic heterocycles.